The minimum atomic E-state index is 0.312. The highest BCUT2D eigenvalue weighted by atomic mass is 16.6. The van der Waals surface area contributed by atoms with Crippen molar-refractivity contribution in [2.24, 2.45) is 0 Å². The fourth-order valence-electron chi connectivity index (χ4n) is 1.63. The third-order valence-corrected chi connectivity index (χ3v) is 2.77. The molecule has 0 radical (unpaired) electrons. The van der Waals surface area contributed by atoms with Crippen LogP contribution in [-0.4, -0.2) is 19.3 Å². The van der Waals surface area contributed by atoms with Gasteiger partial charge in [0.25, 0.3) is 0 Å². The molecule has 1 unspecified atom stereocenters. The van der Waals surface area contributed by atoms with Crippen molar-refractivity contribution in [1.29, 1.82) is 0 Å². The average molecular weight is 232 g/mol. The van der Waals surface area contributed by atoms with Gasteiger partial charge in [-0.3, -0.25) is 0 Å². The van der Waals surface area contributed by atoms with Gasteiger partial charge in [0, 0.05) is 5.56 Å². The number of ether oxygens (including phenoxy) is 2. The van der Waals surface area contributed by atoms with E-state index in [1.807, 2.05) is 18.2 Å². The summed E-state index contributed by atoms with van der Waals surface area (Å²) in [4.78, 5) is 0. The second-order valence-corrected chi connectivity index (χ2v) is 4.35. The number of benzene rings is 1. The molecule has 0 N–H and O–H groups in total. The standard InChI is InChI=1S/C15H20O2/c1-2-3-4-5-8-13-9-6-7-10-15(13)17-12-14-11-16-14/h5-10,14H,2-4,11-12H2,1H3/b8-5+. The summed E-state index contributed by atoms with van der Waals surface area (Å²) in [7, 11) is 0. The molecule has 1 aliphatic heterocycles. The first-order valence-electron chi connectivity index (χ1n) is 6.40. The summed E-state index contributed by atoms with van der Waals surface area (Å²) in [6.07, 6.45) is 8.30. The molecule has 0 aliphatic carbocycles. The van der Waals surface area contributed by atoms with Gasteiger partial charge in [-0.25, -0.2) is 0 Å². The zero-order valence-electron chi connectivity index (χ0n) is 10.4. The molecule has 0 bridgehead atoms. The van der Waals surface area contributed by atoms with E-state index in [1.165, 1.54) is 12.8 Å². The van der Waals surface area contributed by atoms with Crippen molar-refractivity contribution in [3.8, 4) is 5.75 Å². The van der Waals surface area contributed by atoms with Gasteiger partial charge in [-0.05, 0) is 12.5 Å². The number of epoxide rings is 1. The molecular weight excluding hydrogens is 212 g/mol. The zero-order valence-corrected chi connectivity index (χ0v) is 10.4. The Balaban J connectivity index is 1.91. The van der Waals surface area contributed by atoms with Crippen molar-refractivity contribution in [3.05, 3.63) is 35.9 Å². The number of rotatable bonds is 7. The Morgan fingerprint density at radius 2 is 2.24 bits per heavy atom. The van der Waals surface area contributed by atoms with Gasteiger partial charge < -0.3 is 9.47 Å². The molecule has 1 heterocycles. The van der Waals surface area contributed by atoms with E-state index in [0.717, 1.165) is 24.3 Å². The largest absolute Gasteiger partial charge is 0.490 e. The van der Waals surface area contributed by atoms with Crippen LogP contribution in [0.25, 0.3) is 6.08 Å². The molecule has 0 saturated carbocycles. The molecule has 2 rings (SSSR count). The SMILES string of the molecule is CCCC/C=C/c1ccccc1OCC1CO1. The average Bonchev–Trinajstić information content (AvgIpc) is 3.17. The van der Waals surface area contributed by atoms with Crippen LogP contribution < -0.4 is 4.74 Å². The summed E-state index contributed by atoms with van der Waals surface area (Å²) < 4.78 is 10.9. The summed E-state index contributed by atoms with van der Waals surface area (Å²) in [6.45, 7) is 3.72. The number of para-hydroxylation sites is 1. The smallest absolute Gasteiger partial charge is 0.126 e. The van der Waals surface area contributed by atoms with Crippen molar-refractivity contribution in [2.45, 2.75) is 32.3 Å². The van der Waals surface area contributed by atoms with Crippen molar-refractivity contribution >= 4 is 6.08 Å². The summed E-state index contributed by atoms with van der Waals surface area (Å²) in [5.74, 6) is 0.954. The van der Waals surface area contributed by atoms with E-state index >= 15 is 0 Å². The number of hydrogen-bond donors (Lipinski definition) is 0. The molecule has 17 heavy (non-hydrogen) atoms. The zero-order chi connectivity index (χ0) is 11.9. The second-order valence-electron chi connectivity index (χ2n) is 4.35. The molecule has 1 atom stereocenters. The van der Waals surface area contributed by atoms with Gasteiger partial charge in [0.2, 0.25) is 0 Å². The van der Waals surface area contributed by atoms with Crippen LogP contribution >= 0.6 is 0 Å². The molecule has 1 saturated heterocycles. The fourth-order valence-corrected chi connectivity index (χ4v) is 1.63. The second kappa shape index (κ2) is 6.45. The topological polar surface area (TPSA) is 21.8 Å². The van der Waals surface area contributed by atoms with E-state index in [0.29, 0.717) is 12.7 Å². The van der Waals surface area contributed by atoms with E-state index in [2.05, 4.69) is 25.1 Å². The highest BCUT2D eigenvalue weighted by molar-refractivity contribution is 5.57. The minimum Gasteiger partial charge on any atom is -0.490 e. The minimum absolute atomic E-state index is 0.312. The maximum atomic E-state index is 5.74. The van der Waals surface area contributed by atoms with Gasteiger partial charge in [0.1, 0.15) is 18.5 Å². The summed E-state index contributed by atoms with van der Waals surface area (Å²) in [5.41, 5.74) is 1.16. The summed E-state index contributed by atoms with van der Waals surface area (Å²) >= 11 is 0. The third-order valence-electron chi connectivity index (χ3n) is 2.77. The first-order chi connectivity index (χ1) is 8.40. The number of allylic oxidation sites excluding steroid dienone is 1. The third kappa shape index (κ3) is 4.23. The van der Waals surface area contributed by atoms with E-state index in [-0.39, 0.29) is 0 Å². The Morgan fingerprint density at radius 1 is 1.41 bits per heavy atom. The number of hydrogen-bond acceptors (Lipinski definition) is 2. The molecule has 2 heteroatoms. The lowest BCUT2D eigenvalue weighted by molar-refractivity contribution is 0.262. The van der Waals surface area contributed by atoms with Crippen LogP contribution in [0, 0.1) is 0 Å². The summed E-state index contributed by atoms with van der Waals surface area (Å²) in [6, 6.07) is 8.15. The molecule has 0 amide bonds. The van der Waals surface area contributed by atoms with Gasteiger partial charge in [0.15, 0.2) is 0 Å². The predicted molar refractivity (Wildman–Crippen MR) is 70.2 cm³/mol. The Kier molecular flexibility index (Phi) is 4.63. The van der Waals surface area contributed by atoms with Crippen LogP contribution in [0.3, 0.4) is 0 Å². The molecule has 1 aromatic carbocycles. The van der Waals surface area contributed by atoms with Gasteiger partial charge in [-0.2, -0.15) is 0 Å². The Labute approximate surface area is 103 Å². The molecule has 1 aliphatic rings. The van der Waals surface area contributed by atoms with Gasteiger partial charge in [0.05, 0.1) is 6.61 Å². The quantitative estimate of drug-likeness (QED) is 0.528. The van der Waals surface area contributed by atoms with Gasteiger partial charge in [-0.15, -0.1) is 0 Å². The monoisotopic (exact) mass is 232 g/mol. The lowest BCUT2D eigenvalue weighted by Crippen LogP contribution is -2.04. The van der Waals surface area contributed by atoms with Crippen LogP contribution in [0.2, 0.25) is 0 Å². The highest BCUT2D eigenvalue weighted by Crippen LogP contribution is 2.21. The van der Waals surface area contributed by atoms with Gasteiger partial charge >= 0.3 is 0 Å². The molecule has 1 fully saturated rings. The summed E-state index contributed by atoms with van der Waals surface area (Å²) in [5, 5.41) is 0. The molecule has 2 nitrogen and oxygen atoms in total. The van der Waals surface area contributed by atoms with Crippen molar-refractivity contribution in [2.75, 3.05) is 13.2 Å². The molecule has 1 aromatic rings. The van der Waals surface area contributed by atoms with Crippen LogP contribution in [-0.2, 0) is 4.74 Å². The van der Waals surface area contributed by atoms with E-state index in [1.54, 1.807) is 0 Å². The maximum absolute atomic E-state index is 5.74. The van der Waals surface area contributed by atoms with E-state index < -0.39 is 0 Å². The van der Waals surface area contributed by atoms with Crippen LogP contribution in [0.5, 0.6) is 5.75 Å². The first-order valence-corrected chi connectivity index (χ1v) is 6.40. The number of unbranched alkanes of at least 4 members (excludes halogenated alkanes) is 2. The van der Waals surface area contributed by atoms with Crippen molar-refractivity contribution in [1.82, 2.24) is 0 Å². The molecular formula is C15H20O2. The molecule has 0 spiro atoms. The Hall–Kier alpha value is -1.28. The van der Waals surface area contributed by atoms with Crippen molar-refractivity contribution < 1.29 is 9.47 Å². The lowest BCUT2D eigenvalue weighted by atomic mass is 10.1. The van der Waals surface area contributed by atoms with E-state index in [4.69, 9.17) is 9.47 Å². The van der Waals surface area contributed by atoms with Crippen LogP contribution in [0.4, 0.5) is 0 Å². The fraction of sp³-hybridized carbons (Fsp3) is 0.467. The van der Waals surface area contributed by atoms with Crippen LogP contribution in [0.1, 0.15) is 31.7 Å². The van der Waals surface area contributed by atoms with E-state index in [9.17, 15) is 0 Å². The first kappa shape index (κ1) is 12.2. The predicted octanol–water partition coefficient (Wildman–Crippen LogP) is 3.67. The van der Waals surface area contributed by atoms with Gasteiger partial charge in [-0.1, -0.05) is 50.1 Å². The maximum Gasteiger partial charge on any atom is 0.126 e. The molecule has 0 aromatic heterocycles. The molecule has 92 valence electrons. The Bertz CT molecular complexity index is 367. The van der Waals surface area contributed by atoms with Crippen molar-refractivity contribution in [3.63, 3.8) is 0 Å². The lowest BCUT2D eigenvalue weighted by Gasteiger charge is -2.07. The van der Waals surface area contributed by atoms with Crippen LogP contribution in [0.15, 0.2) is 30.3 Å². The Morgan fingerprint density at radius 3 is 3.00 bits per heavy atom. The normalized spacial score (nSPS) is 18.5. The highest BCUT2D eigenvalue weighted by Gasteiger charge is 2.23.